The maximum atomic E-state index is 11.0. The lowest BCUT2D eigenvalue weighted by Crippen LogP contribution is -2.27. The maximum Gasteiger partial charge on any atom is 0.305 e. The number of carbonyl (C=O) groups is 2. The molecule has 148 valence electrons. The average molecular weight is 365 g/mol. The minimum absolute atomic E-state index is 0.0274. The molecule has 1 aliphatic carbocycles. The van der Waals surface area contributed by atoms with E-state index in [2.05, 4.69) is 36.0 Å². The second kappa shape index (κ2) is 14.6. The fourth-order valence-electron chi connectivity index (χ4n) is 3.45. The Morgan fingerprint density at radius 2 is 1.88 bits per heavy atom. The van der Waals surface area contributed by atoms with Crippen molar-refractivity contribution in [2.75, 3.05) is 7.11 Å². The summed E-state index contributed by atoms with van der Waals surface area (Å²) in [5, 5.41) is 0. The van der Waals surface area contributed by atoms with Crippen LogP contribution in [0.15, 0.2) is 24.3 Å². The van der Waals surface area contributed by atoms with Gasteiger partial charge in [-0.3, -0.25) is 9.59 Å². The molecule has 0 radical (unpaired) electrons. The van der Waals surface area contributed by atoms with Crippen molar-refractivity contribution in [3.8, 4) is 0 Å². The Morgan fingerprint density at radius 1 is 1.12 bits per heavy atom. The van der Waals surface area contributed by atoms with Crippen LogP contribution in [0.4, 0.5) is 0 Å². The molecule has 0 aromatic carbocycles. The van der Waals surface area contributed by atoms with E-state index < -0.39 is 0 Å². The van der Waals surface area contributed by atoms with Crippen LogP contribution < -0.4 is 0 Å². The van der Waals surface area contributed by atoms with E-state index in [1.165, 1.54) is 32.8 Å². The van der Waals surface area contributed by atoms with Crippen LogP contribution in [-0.4, -0.2) is 25.7 Å². The molecular formula is C22H36O4. The molecule has 0 amide bonds. The summed E-state index contributed by atoms with van der Waals surface area (Å²) in [4.78, 5) is 21.9. The van der Waals surface area contributed by atoms with Gasteiger partial charge in [0.2, 0.25) is 0 Å². The molecule has 0 saturated heterocycles. The molecule has 3 atom stereocenters. The smallest absolute Gasteiger partial charge is 0.305 e. The third-order valence-corrected chi connectivity index (χ3v) is 5.07. The Balaban J connectivity index is 2.26. The number of allylic oxidation sites excluding steroid dienone is 2. The molecule has 0 spiro atoms. The van der Waals surface area contributed by atoms with Gasteiger partial charge in [-0.05, 0) is 31.6 Å². The van der Waals surface area contributed by atoms with Crippen molar-refractivity contribution in [1.29, 1.82) is 0 Å². The van der Waals surface area contributed by atoms with Crippen molar-refractivity contribution in [2.24, 2.45) is 11.8 Å². The molecule has 3 unspecified atom stereocenters. The van der Waals surface area contributed by atoms with E-state index in [4.69, 9.17) is 4.74 Å². The lowest BCUT2D eigenvalue weighted by atomic mass is 9.83. The normalized spacial score (nSPS) is 22.5. The van der Waals surface area contributed by atoms with Gasteiger partial charge < -0.3 is 9.47 Å². The molecule has 0 bridgehead atoms. The number of hydrogen-bond acceptors (Lipinski definition) is 4. The van der Waals surface area contributed by atoms with Gasteiger partial charge in [0.25, 0.3) is 6.47 Å². The number of ether oxygens (including phenoxy) is 2. The van der Waals surface area contributed by atoms with Crippen LogP contribution >= 0.6 is 0 Å². The van der Waals surface area contributed by atoms with E-state index >= 15 is 0 Å². The molecule has 0 saturated carbocycles. The van der Waals surface area contributed by atoms with Crippen molar-refractivity contribution in [2.45, 2.75) is 83.7 Å². The van der Waals surface area contributed by atoms with Crippen molar-refractivity contribution in [3.05, 3.63) is 24.3 Å². The summed E-state index contributed by atoms with van der Waals surface area (Å²) >= 11 is 0. The zero-order chi connectivity index (χ0) is 19.0. The first kappa shape index (κ1) is 22.5. The zero-order valence-corrected chi connectivity index (χ0v) is 16.5. The lowest BCUT2D eigenvalue weighted by Gasteiger charge is -2.29. The SMILES string of the molecule is CCCC/C=C/C1C=CC(CCCCCCCC(=O)OC)CC1OC=O. The minimum atomic E-state index is -0.114. The monoisotopic (exact) mass is 364 g/mol. The summed E-state index contributed by atoms with van der Waals surface area (Å²) in [5.41, 5.74) is 0. The topological polar surface area (TPSA) is 52.6 Å². The third-order valence-electron chi connectivity index (χ3n) is 5.07. The first-order valence-corrected chi connectivity index (χ1v) is 10.2. The molecule has 4 nitrogen and oxygen atoms in total. The number of rotatable bonds is 14. The van der Waals surface area contributed by atoms with Gasteiger partial charge in [0.15, 0.2) is 0 Å². The van der Waals surface area contributed by atoms with Gasteiger partial charge in [-0.1, -0.05) is 69.8 Å². The molecule has 0 aromatic rings. The molecule has 1 aliphatic rings. The second-order valence-corrected chi connectivity index (χ2v) is 7.18. The molecule has 0 aliphatic heterocycles. The highest BCUT2D eigenvalue weighted by atomic mass is 16.5. The van der Waals surface area contributed by atoms with E-state index in [1.54, 1.807) is 0 Å². The summed E-state index contributed by atoms with van der Waals surface area (Å²) in [7, 11) is 1.44. The average Bonchev–Trinajstić information content (AvgIpc) is 2.65. The number of methoxy groups -OCH3 is 1. The molecule has 0 heterocycles. The lowest BCUT2D eigenvalue weighted by molar-refractivity contribution is -0.140. The second-order valence-electron chi connectivity index (χ2n) is 7.18. The van der Waals surface area contributed by atoms with Gasteiger partial charge in [0, 0.05) is 12.3 Å². The Hall–Kier alpha value is -1.58. The van der Waals surface area contributed by atoms with Crippen molar-refractivity contribution >= 4 is 12.4 Å². The summed E-state index contributed by atoms with van der Waals surface area (Å²) in [6.07, 6.45) is 20.5. The maximum absolute atomic E-state index is 11.0. The van der Waals surface area contributed by atoms with Crippen molar-refractivity contribution in [3.63, 3.8) is 0 Å². The quantitative estimate of drug-likeness (QED) is 0.180. The van der Waals surface area contributed by atoms with E-state index in [-0.39, 0.29) is 18.0 Å². The first-order chi connectivity index (χ1) is 12.7. The molecule has 0 aromatic heterocycles. The summed E-state index contributed by atoms with van der Waals surface area (Å²) < 4.78 is 9.99. The highest BCUT2D eigenvalue weighted by Gasteiger charge is 2.25. The Kier molecular flexibility index (Phi) is 12.6. The summed E-state index contributed by atoms with van der Waals surface area (Å²) in [6, 6.07) is 0. The van der Waals surface area contributed by atoms with Crippen LogP contribution in [-0.2, 0) is 19.1 Å². The van der Waals surface area contributed by atoms with Crippen LogP contribution in [0.25, 0.3) is 0 Å². The Labute approximate surface area is 159 Å². The highest BCUT2D eigenvalue weighted by molar-refractivity contribution is 5.68. The van der Waals surface area contributed by atoms with Gasteiger partial charge in [-0.2, -0.15) is 0 Å². The third kappa shape index (κ3) is 9.79. The molecule has 0 N–H and O–H groups in total. The van der Waals surface area contributed by atoms with E-state index in [9.17, 15) is 9.59 Å². The van der Waals surface area contributed by atoms with E-state index in [0.29, 0.717) is 18.8 Å². The van der Waals surface area contributed by atoms with Crippen molar-refractivity contribution in [1.82, 2.24) is 0 Å². The number of esters is 1. The Bertz CT molecular complexity index is 441. The zero-order valence-electron chi connectivity index (χ0n) is 16.5. The van der Waals surface area contributed by atoms with E-state index in [1.807, 2.05) is 0 Å². The molecule has 4 heteroatoms. The summed E-state index contributed by atoms with van der Waals surface area (Å²) in [6.45, 7) is 2.78. The number of carbonyl (C=O) groups excluding carboxylic acids is 2. The van der Waals surface area contributed by atoms with Crippen LogP contribution in [0.5, 0.6) is 0 Å². The van der Waals surface area contributed by atoms with E-state index in [0.717, 1.165) is 38.5 Å². The summed E-state index contributed by atoms with van der Waals surface area (Å²) in [5.74, 6) is 0.596. The molecule has 26 heavy (non-hydrogen) atoms. The van der Waals surface area contributed by atoms with Crippen LogP contribution in [0, 0.1) is 11.8 Å². The fraction of sp³-hybridized carbons (Fsp3) is 0.727. The number of hydrogen-bond donors (Lipinski definition) is 0. The first-order valence-electron chi connectivity index (χ1n) is 10.2. The molecule has 0 fully saturated rings. The minimum Gasteiger partial charge on any atom is -0.469 e. The van der Waals surface area contributed by atoms with Crippen LogP contribution in [0.2, 0.25) is 0 Å². The van der Waals surface area contributed by atoms with Gasteiger partial charge in [-0.15, -0.1) is 0 Å². The van der Waals surface area contributed by atoms with Crippen LogP contribution in [0.1, 0.15) is 77.6 Å². The largest absolute Gasteiger partial charge is 0.469 e. The predicted octanol–water partition coefficient (Wildman–Crippen LogP) is 5.37. The van der Waals surface area contributed by atoms with Gasteiger partial charge >= 0.3 is 5.97 Å². The standard InChI is InChI=1S/C22H36O4/c1-3-4-5-10-13-20-16-15-19(17-21(20)26-18-23)12-9-7-6-8-11-14-22(24)25-2/h10,13,15-16,18-21H,3-9,11-12,14,17H2,1-2H3/b13-10+. The van der Waals surface area contributed by atoms with Gasteiger partial charge in [0.1, 0.15) is 6.10 Å². The molecular weight excluding hydrogens is 328 g/mol. The Morgan fingerprint density at radius 3 is 2.62 bits per heavy atom. The number of unbranched alkanes of at least 4 members (excludes halogenated alkanes) is 6. The van der Waals surface area contributed by atoms with Crippen molar-refractivity contribution < 1.29 is 19.1 Å². The highest BCUT2D eigenvalue weighted by Crippen LogP contribution is 2.29. The van der Waals surface area contributed by atoms with Gasteiger partial charge in [0.05, 0.1) is 7.11 Å². The fourth-order valence-corrected chi connectivity index (χ4v) is 3.45. The van der Waals surface area contributed by atoms with Crippen LogP contribution in [0.3, 0.4) is 0 Å². The molecule has 1 rings (SSSR count). The van der Waals surface area contributed by atoms with Gasteiger partial charge in [-0.25, -0.2) is 0 Å². The predicted molar refractivity (Wildman–Crippen MR) is 105 cm³/mol.